The van der Waals surface area contributed by atoms with Gasteiger partial charge in [-0.2, -0.15) is 10.1 Å². The molecular weight excluding hydrogens is 478 g/mol. The van der Waals surface area contributed by atoms with Gasteiger partial charge in [-0.05, 0) is 31.9 Å². The number of hydrogen-bond donors (Lipinski definition) is 5. The molecule has 192 valence electrons. The van der Waals surface area contributed by atoms with Gasteiger partial charge in [0.15, 0.2) is 11.6 Å². The first-order valence-corrected chi connectivity index (χ1v) is 11.9. The van der Waals surface area contributed by atoms with Gasteiger partial charge in [0.05, 0.1) is 24.4 Å². The van der Waals surface area contributed by atoms with Crippen LogP contribution < -0.4 is 15.5 Å². The van der Waals surface area contributed by atoms with Gasteiger partial charge in [0.25, 0.3) is 5.91 Å². The molecular formula is C24H27N9O4. The van der Waals surface area contributed by atoms with Crippen LogP contribution in [-0.2, 0) is 0 Å². The number of aromatic amines is 1. The van der Waals surface area contributed by atoms with Crippen LogP contribution in [0.3, 0.4) is 0 Å². The number of aliphatic hydroxyl groups excluding tert-OH is 2. The second kappa shape index (κ2) is 10.7. The Morgan fingerprint density at radius 2 is 2.14 bits per heavy atom. The van der Waals surface area contributed by atoms with Crippen LogP contribution in [0.5, 0.6) is 0 Å². The molecule has 0 aliphatic carbocycles. The highest BCUT2D eigenvalue weighted by Gasteiger charge is 2.32. The van der Waals surface area contributed by atoms with Crippen molar-refractivity contribution in [2.24, 2.45) is 0 Å². The molecule has 5 N–H and O–H groups in total. The summed E-state index contributed by atoms with van der Waals surface area (Å²) in [6, 6.07) is 10.6. The second-order valence-electron chi connectivity index (χ2n) is 8.73. The van der Waals surface area contributed by atoms with Crippen LogP contribution in [0, 0.1) is 6.92 Å². The van der Waals surface area contributed by atoms with Crippen LogP contribution in [0.1, 0.15) is 40.8 Å². The zero-order valence-corrected chi connectivity index (χ0v) is 20.1. The highest BCUT2D eigenvalue weighted by Crippen LogP contribution is 2.36. The Morgan fingerprint density at radius 1 is 1.24 bits per heavy atom. The molecule has 0 spiro atoms. The van der Waals surface area contributed by atoms with E-state index in [4.69, 9.17) is 9.63 Å². The highest BCUT2D eigenvalue weighted by molar-refractivity contribution is 5.93. The summed E-state index contributed by atoms with van der Waals surface area (Å²) in [5.74, 6) is 1.40. The highest BCUT2D eigenvalue weighted by atomic mass is 16.5. The van der Waals surface area contributed by atoms with E-state index in [2.05, 4.69) is 40.9 Å². The Kier molecular flexibility index (Phi) is 7.05. The quantitative estimate of drug-likeness (QED) is 0.224. The standard InChI is InChI=1S/C24H27N9O4/c1-14-9-22(31-30-14)28-21-11-18(23(36)26-12-15(35)13-34)27-24(29-21)33-8-4-6-19(33)20-10-17(32-37-20)16-5-2-3-7-25-16/h2-3,5,7,9-11,15,19,34-35H,4,6,8,12-13H2,1H3,(H,26,36)(H2,27,28,29,30,31)/t15-,19-/m0/s1. The number of pyridine rings is 1. The van der Waals surface area contributed by atoms with Crippen molar-refractivity contribution in [3.8, 4) is 11.4 Å². The van der Waals surface area contributed by atoms with Crippen LogP contribution in [-0.4, -0.2) is 72.2 Å². The number of H-pyrrole nitrogens is 1. The number of nitrogens with one attached hydrogen (secondary N) is 3. The van der Waals surface area contributed by atoms with Gasteiger partial charge in [-0.25, -0.2) is 4.98 Å². The minimum absolute atomic E-state index is 0.0993. The molecule has 0 aromatic carbocycles. The number of anilines is 3. The van der Waals surface area contributed by atoms with E-state index in [0.29, 0.717) is 41.3 Å². The van der Waals surface area contributed by atoms with Crippen molar-refractivity contribution in [2.75, 3.05) is 29.9 Å². The number of hydrogen-bond acceptors (Lipinski definition) is 11. The summed E-state index contributed by atoms with van der Waals surface area (Å²) in [6.07, 6.45) is 2.29. The lowest BCUT2D eigenvalue weighted by Crippen LogP contribution is -2.35. The Bertz CT molecular complexity index is 1360. The Balaban J connectivity index is 1.44. The maximum atomic E-state index is 12.9. The van der Waals surface area contributed by atoms with Gasteiger partial charge in [-0.3, -0.25) is 14.9 Å². The van der Waals surface area contributed by atoms with E-state index >= 15 is 0 Å². The number of aliphatic hydroxyl groups is 2. The third-order valence-electron chi connectivity index (χ3n) is 5.91. The molecule has 5 rings (SSSR count). The van der Waals surface area contributed by atoms with Crippen LogP contribution in [0.15, 0.2) is 47.1 Å². The predicted octanol–water partition coefficient (Wildman–Crippen LogP) is 1.73. The van der Waals surface area contributed by atoms with E-state index in [-0.39, 0.29) is 18.3 Å². The van der Waals surface area contributed by atoms with Crippen LogP contribution in [0.25, 0.3) is 11.4 Å². The van der Waals surface area contributed by atoms with Crippen molar-refractivity contribution in [2.45, 2.75) is 31.9 Å². The average Bonchev–Trinajstić information content (AvgIpc) is 3.68. The number of nitrogens with zero attached hydrogens (tertiary/aromatic N) is 6. The lowest BCUT2D eigenvalue weighted by Gasteiger charge is -2.23. The zero-order chi connectivity index (χ0) is 25.8. The minimum Gasteiger partial charge on any atom is -0.394 e. The average molecular weight is 506 g/mol. The molecule has 13 heteroatoms. The lowest BCUT2D eigenvalue weighted by molar-refractivity contribution is 0.0798. The van der Waals surface area contributed by atoms with E-state index in [1.165, 1.54) is 6.07 Å². The summed E-state index contributed by atoms with van der Waals surface area (Å²) in [7, 11) is 0. The van der Waals surface area contributed by atoms with Crippen molar-refractivity contribution in [3.05, 3.63) is 59.7 Å². The maximum Gasteiger partial charge on any atom is 0.270 e. The van der Waals surface area contributed by atoms with Crippen LogP contribution in [0.4, 0.5) is 17.6 Å². The minimum atomic E-state index is -1.07. The van der Waals surface area contributed by atoms with Gasteiger partial charge in [0, 0.05) is 43.2 Å². The van der Waals surface area contributed by atoms with E-state index in [0.717, 1.165) is 18.5 Å². The topological polar surface area (TPSA) is 178 Å². The van der Waals surface area contributed by atoms with E-state index < -0.39 is 18.6 Å². The van der Waals surface area contributed by atoms with E-state index in [1.807, 2.05) is 42.2 Å². The van der Waals surface area contributed by atoms with Gasteiger partial charge < -0.3 is 30.3 Å². The summed E-state index contributed by atoms with van der Waals surface area (Å²) in [6.45, 7) is 1.95. The van der Waals surface area contributed by atoms with Crippen molar-refractivity contribution in [1.29, 1.82) is 0 Å². The molecule has 0 unspecified atom stereocenters. The molecule has 37 heavy (non-hydrogen) atoms. The number of aromatic nitrogens is 6. The fourth-order valence-electron chi connectivity index (χ4n) is 4.11. The van der Waals surface area contributed by atoms with Gasteiger partial charge in [-0.1, -0.05) is 11.2 Å². The smallest absolute Gasteiger partial charge is 0.270 e. The zero-order valence-electron chi connectivity index (χ0n) is 20.1. The van der Waals surface area contributed by atoms with E-state index in [1.54, 1.807) is 6.20 Å². The van der Waals surface area contributed by atoms with Crippen LogP contribution >= 0.6 is 0 Å². The summed E-state index contributed by atoms with van der Waals surface area (Å²) in [5, 5.41) is 35.6. The number of rotatable bonds is 9. The summed E-state index contributed by atoms with van der Waals surface area (Å²) in [4.78, 5) is 28.3. The predicted molar refractivity (Wildman–Crippen MR) is 133 cm³/mol. The summed E-state index contributed by atoms with van der Waals surface area (Å²) < 4.78 is 5.69. The fourth-order valence-corrected chi connectivity index (χ4v) is 4.11. The van der Waals surface area contributed by atoms with Crippen molar-refractivity contribution in [3.63, 3.8) is 0 Å². The molecule has 1 aliphatic heterocycles. The normalized spacial score (nSPS) is 16.1. The number of carbonyl (C=O) groups is 1. The third kappa shape index (κ3) is 5.57. The lowest BCUT2D eigenvalue weighted by atomic mass is 10.1. The molecule has 1 amide bonds. The maximum absolute atomic E-state index is 12.9. The van der Waals surface area contributed by atoms with Crippen LogP contribution in [0.2, 0.25) is 0 Å². The van der Waals surface area contributed by atoms with Crippen molar-refractivity contribution >= 4 is 23.5 Å². The van der Waals surface area contributed by atoms with E-state index in [9.17, 15) is 9.90 Å². The molecule has 1 aliphatic rings. The Labute approximate surface area is 212 Å². The Morgan fingerprint density at radius 3 is 2.89 bits per heavy atom. The largest absolute Gasteiger partial charge is 0.394 e. The molecule has 4 aromatic rings. The number of carbonyl (C=O) groups excluding carboxylic acids is 1. The molecule has 4 aromatic heterocycles. The van der Waals surface area contributed by atoms with Gasteiger partial charge >= 0.3 is 0 Å². The molecule has 2 atom stereocenters. The van der Waals surface area contributed by atoms with Gasteiger partial charge in [0.1, 0.15) is 17.2 Å². The summed E-state index contributed by atoms with van der Waals surface area (Å²) in [5.41, 5.74) is 2.31. The number of amides is 1. The molecule has 0 bridgehead atoms. The molecule has 0 radical (unpaired) electrons. The summed E-state index contributed by atoms with van der Waals surface area (Å²) >= 11 is 0. The molecule has 13 nitrogen and oxygen atoms in total. The Hall–Kier alpha value is -4.36. The van der Waals surface area contributed by atoms with Crippen molar-refractivity contribution < 1.29 is 19.5 Å². The molecule has 5 heterocycles. The van der Waals surface area contributed by atoms with Gasteiger partial charge in [0.2, 0.25) is 5.95 Å². The van der Waals surface area contributed by atoms with Crippen molar-refractivity contribution in [1.82, 2.24) is 35.6 Å². The molecule has 1 saturated heterocycles. The SMILES string of the molecule is Cc1cc(Nc2cc(C(=O)NC[C@H](O)CO)nc(N3CCC[C@H]3c3cc(-c4ccccn4)no3)n2)n[nH]1. The number of aryl methyl sites for hydroxylation is 1. The fraction of sp³-hybridized carbons (Fsp3) is 0.333. The van der Waals surface area contributed by atoms with Gasteiger partial charge in [-0.15, -0.1) is 0 Å². The third-order valence-corrected chi connectivity index (χ3v) is 5.91. The first-order chi connectivity index (χ1) is 18.0. The molecule has 1 fully saturated rings. The first-order valence-electron chi connectivity index (χ1n) is 11.9. The monoisotopic (exact) mass is 505 g/mol. The first kappa shape index (κ1) is 24.3. The molecule has 0 saturated carbocycles. The second-order valence-corrected chi connectivity index (χ2v) is 8.73.